The minimum absolute atomic E-state index is 0.00722. The van der Waals surface area contributed by atoms with Gasteiger partial charge in [-0.3, -0.25) is 9.69 Å². The zero-order valence-electron chi connectivity index (χ0n) is 16.8. The lowest BCUT2D eigenvalue weighted by molar-refractivity contribution is 0.102. The van der Waals surface area contributed by atoms with Gasteiger partial charge >= 0.3 is 5.63 Å². The molecule has 5 rings (SSSR count). The maximum absolute atomic E-state index is 12.7. The monoisotopic (exact) mass is 403 g/mol. The standard InChI is InChI=1S/C24H25N3O3/c28-23(21-14-18-4-1-2-7-22(18)30-24(21)29)25-19-5-3-6-20(15-19)27-12-10-26(11-13-27)16-17-8-9-17/h1-7,14-15,17H,8-13,16H2,(H,25,28). The highest BCUT2D eigenvalue weighted by atomic mass is 16.4. The second-order valence-electron chi connectivity index (χ2n) is 8.22. The molecule has 2 aromatic carbocycles. The van der Waals surface area contributed by atoms with Crippen LogP contribution >= 0.6 is 0 Å². The van der Waals surface area contributed by atoms with Gasteiger partial charge in [0.1, 0.15) is 11.1 Å². The van der Waals surface area contributed by atoms with Crippen LogP contribution in [0.2, 0.25) is 0 Å². The van der Waals surface area contributed by atoms with E-state index in [9.17, 15) is 9.59 Å². The first-order chi connectivity index (χ1) is 14.7. The van der Waals surface area contributed by atoms with E-state index < -0.39 is 11.5 Å². The first-order valence-corrected chi connectivity index (χ1v) is 10.6. The normalized spacial score (nSPS) is 17.3. The lowest BCUT2D eigenvalue weighted by Gasteiger charge is -2.36. The quantitative estimate of drug-likeness (QED) is 0.660. The molecule has 0 unspecified atom stereocenters. The summed E-state index contributed by atoms with van der Waals surface area (Å²) in [5.74, 6) is 0.462. The first kappa shape index (κ1) is 18.9. The van der Waals surface area contributed by atoms with Gasteiger partial charge in [0.25, 0.3) is 5.91 Å². The number of amides is 1. The van der Waals surface area contributed by atoms with Crippen molar-refractivity contribution < 1.29 is 9.21 Å². The van der Waals surface area contributed by atoms with Crippen LogP contribution in [0.3, 0.4) is 0 Å². The molecule has 30 heavy (non-hydrogen) atoms. The van der Waals surface area contributed by atoms with Crippen molar-refractivity contribution >= 4 is 28.3 Å². The summed E-state index contributed by atoms with van der Waals surface area (Å²) >= 11 is 0. The van der Waals surface area contributed by atoms with Crippen molar-refractivity contribution in [1.29, 1.82) is 0 Å². The van der Waals surface area contributed by atoms with Crippen molar-refractivity contribution in [3.8, 4) is 0 Å². The minimum atomic E-state index is -0.630. The van der Waals surface area contributed by atoms with Gasteiger partial charge in [0.15, 0.2) is 0 Å². The predicted molar refractivity (Wildman–Crippen MR) is 118 cm³/mol. The average molecular weight is 403 g/mol. The van der Waals surface area contributed by atoms with Gasteiger partial charge in [-0.15, -0.1) is 0 Å². The van der Waals surface area contributed by atoms with Crippen LogP contribution < -0.4 is 15.8 Å². The molecule has 2 aliphatic rings. The molecule has 2 heterocycles. The van der Waals surface area contributed by atoms with E-state index in [1.54, 1.807) is 18.2 Å². The van der Waals surface area contributed by atoms with Crippen LogP contribution in [0.25, 0.3) is 11.0 Å². The smallest absolute Gasteiger partial charge is 0.349 e. The zero-order valence-corrected chi connectivity index (χ0v) is 16.8. The summed E-state index contributed by atoms with van der Waals surface area (Å²) in [6, 6.07) is 16.6. The van der Waals surface area contributed by atoms with E-state index in [2.05, 4.69) is 21.2 Å². The molecule has 6 nitrogen and oxygen atoms in total. The summed E-state index contributed by atoms with van der Waals surface area (Å²) < 4.78 is 5.28. The molecule has 1 aliphatic carbocycles. The summed E-state index contributed by atoms with van der Waals surface area (Å²) in [6.45, 7) is 5.35. The van der Waals surface area contributed by atoms with Crippen molar-refractivity contribution in [1.82, 2.24) is 4.90 Å². The van der Waals surface area contributed by atoms with Gasteiger partial charge in [0.2, 0.25) is 0 Å². The van der Waals surface area contributed by atoms with Crippen LogP contribution in [0.15, 0.2) is 63.8 Å². The third-order valence-electron chi connectivity index (χ3n) is 5.94. The number of anilines is 2. The summed E-state index contributed by atoms with van der Waals surface area (Å²) in [5, 5.41) is 3.57. The number of carbonyl (C=O) groups excluding carboxylic acids is 1. The van der Waals surface area contributed by atoms with Crippen LogP contribution in [0.1, 0.15) is 23.2 Å². The maximum atomic E-state index is 12.7. The second-order valence-corrected chi connectivity index (χ2v) is 8.22. The predicted octanol–water partition coefficient (Wildman–Crippen LogP) is 3.58. The molecule has 6 heteroatoms. The largest absolute Gasteiger partial charge is 0.422 e. The molecule has 3 aromatic rings. The number of carbonyl (C=O) groups is 1. The Hall–Kier alpha value is -3.12. The number of nitrogens with zero attached hydrogens (tertiary/aromatic N) is 2. The lowest BCUT2D eigenvalue weighted by atomic mass is 10.1. The second kappa shape index (κ2) is 7.95. The minimum Gasteiger partial charge on any atom is -0.422 e. The molecule has 1 amide bonds. The highest BCUT2D eigenvalue weighted by Crippen LogP contribution is 2.30. The van der Waals surface area contributed by atoms with Crippen molar-refractivity contribution in [2.24, 2.45) is 5.92 Å². The molecule has 1 saturated heterocycles. The van der Waals surface area contributed by atoms with E-state index in [1.165, 1.54) is 19.4 Å². The molecule has 1 aliphatic heterocycles. The van der Waals surface area contributed by atoms with Crippen LogP contribution in [0, 0.1) is 5.92 Å². The number of hydrogen-bond donors (Lipinski definition) is 1. The number of hydrogen-bond acceptors (Lipinski definition) is 5. The fourth-order valence-corrected chi connectivity index (χ4v) is 4.05. The van der Waals surface area contributed by atoms with E-state index in [0.29, 0.717) is 11.3 Å². The summed E-state index contributed by atoms with van der Waals surface area (Å²) in [4.78, 5) is 29.9. The van der Waals surface area contributed by atoms with E-state index in [-0.39, 0.29) is 5.56 Å². The third kappa shape index (κ3) is 4.09. The first-order valence-electron chi connectivity index (χ1n) is 10.6. The molecule has 0 spiro atoms. The number of para-hydroxylation sites is 1. The summed E-state index contributed by atoms with van der Waals surface area (Å²) in [6.07, 6.45) is 2.77. The van der Waals surface area contributed by atoms with E-state index >= 15 is 0 Å². The maximum Gasteiger partial charge on any atom is 0.349 e. The molecule has 1 aromatic heterocycles. The molecule has 1 saturated carbocycles. The van der Waals surface area contributed by atoms with E-state index in [0.717, 1.165) is 43.2 Å². The number of nitrogens with one attached hydrogen (secondary N) is 1. The third-order valence-corrected chi connectivity index (χ3v) is 5.94. The van der Waals surface area contributed by atoms with Gasteiger partial charge < -0.3 is 14.6 Å². The van der Waals surface area contributed by atoms with Crippen LogP contribution in [-0.4, -0.2) is 43.5 Å². The van der Waals surface area contributed by atoms with Crippen molar-refractivity contribution in [3.05, 3.63) is 70.6 Å². The average Bonchev–Trinajstić information content (AvgIpc) is 3.58. The topological polar surface area (TPSA) is 65.8 Å². The van der Waals surface area contributed by atoms with Crippen molar-refractivity contribution in [2.75, 3.05) is 42.9 Å². The number of rotatable bonds is 5. The fourth-order valence-electron chi connectivity index (χ4n) is 4.05. The molecule has 0 radical (unpaired) electrons. The molecular formula is C24H25N3O3. The Kier molecular flexibility index (Phi) is 5.01. The molecular weight excluding hydrogens is 378 g/mol. The van der Waals surface area contributed by atoms with Crippen molar-refractivity contribution in [3.63, 3.8) is 0 Å². The zero-order chi connectivity index (χ0) is 20.5. The Morgan fingerprint density at radius 2 is 1.80 bits per heavy atom. The SMILES string of the molecule is O=C(Nc1cccc(N2CCN(CC3CC3)CC2)c1)c1cc2ccccc2oc1=O. The van der Waals surface area contributed by atoms with Gasteiger partial charge in [-0.1, -0.05) is 24.3 Å². The molecule has 2 fully saturated rings. The Bertz CT molecular complexity index is 1130. The van der Waals surface area contributed by atoms with Crippen LogP contribution in [0.5, 0.6) is 0 Å². The van der Waals surface area contributed by atoms with Gasteiger partial charge in [0, 0.05) is 49.5 Å². The Morgan fingerprint density at radius 1 is 1.00 bits per heavy atom. The highest BCUT2D eigenvalue weighted by Gasteiger charge is 2.26. The molecule has 1 N–H and O–H groups in total. The fraction of sp³-hybridized carbons (Fsp3) is 0.333. The Labute approximate surface area is 175 Å². The molecule has 0 bridgehead atoms. The summed E-state index contributed by atoms with van der Waals surface area (Å²) in [7, 11) is 0. The number of piperazine rings is 1. The Morgan fingerprint density at radius 3 is 2.60 bits per heavy atom. The van der Waals surface area contributed by atoms with Gasteiger partial charge in [0.05, 0.1) is 0 Å². The van der Waals surface area contributed by atoms with Gasteiger partial charge in [-0.2, -0.15) is 0 Å². The lowest BCUT2D eigenvalue weighted by Crippen LogP contribution is -2.47. The van der Waals surface area contributed by atoms with Crippen LogP contribution in [-0.2, 0) is 0 Å². The van der Waals surface area contributed by atoms with Gasteiger partial charge in [-0.25, -0.2) is 4.79 Å². The number of benzene rings is 2. The van der Waals surface area contributed by atoms with E-state index in [1.807, 2.05) is 30.3 Å². The molecule has 0 atom stereocenters. The Balaban J connectivity index is 1.28. The van der Waals surface area contributed by atoms with Crippen LogP contribution in [0.4, 0.5) is 11.4 Å². The highest BCUT2D eigenvalue weighted by molar-refractivity contribution is 6.05. The molecule has 154 valence electrons. The number of fused-ring (bicyclic) bond motifs is 1. The van der Waals surface area contributed by atoms with Crippen molar-refractivity contribution in [2.45, 2.75) is 12.8 Å². The summed E-state index contributed by atoms with van der Waals surface area (Å²) in [5.41, 5.74) is 1.61. The van der Waals surface area contributed by atoms with E-state index in [4.69, 9.17) is 4.42 Å². The van der Waals surface area contributed by atoms with Gasteiger partial charge in [-0.05, 0) is 49.1 Å².